The molecule has 0 radical (unpaired) electrons. The molecule has 0 saturated heterocycles. The van der Waals surface area contributed by atoms with E-state index in [4.69, 9.17) is 20.8 Å². The molecule has 0 aliphatic rings. The van der Waals surface area contributed by atoms with Crippen LogP contribution in [0, 0.1) is 6.92 Å². The third-order valence-electron chi connectivity index (χ3n) is 4.52. The second-order valence-electron chi connectivity index (χ2n) is 6.98. The third kappa shape index (κ3) is 4.57. The summed E-state index contributed by atoms with van der Waals surface area (Å²) in [5, 5.41) is 7.61. The summed E-state index contributed by atoms with van der Waals surface area (Å²) in [5.41, 5.74) is 2.90. The lowest BCUT2D eigenvalue weighted by atomic mass is 10.0. The smallest absolute Gasteiger partial charge is 0.287 e. The Kier molecular flexibility index (Phi) is 6.09. The van der Waals surface area contributed by atoms with Gasteiger partial charge in [-0.2, -0.15) is 5.10 Å². The first-order valence-corrected chi connectivity index (χ1v) is 9.49. The maximum Gasteiger partial charge on any atom is 0.287 e. The number of hydrogen-bond donors (Lipinski definition) is 1. The van der Waals surface area contributed by atoms with Gasteiger partial charge >= 0.3 is 0 Å². The van der Waals surface area contributed by atoms with Crippen molar-refractivity contribution >= 4 is 17.5 Å². The zero-order chi connectivity index (χ0) is 20.3. The lowest BCUT2D eigenvalue weighted by Gasteiger charge is -2.15. The molecular formula is C21H24ClN3O3. The van der Waals surface area contributed by atoms with Gasteiger partial charge in [0.1, 0.15) is 18.1 Å². The number of halogens is 1. The van der Waals surface area contributed by atoms with Crippen LogP contribution in [-0.4, -0.2) is 15.7 Å². The highest BCUT2D eigenvalue weighted by Gasteiger charge is 2.14. The van der Waals surface area contributed by atoms with Crippen LogP contribution in [0.2, 0.25) is 5.02 Å². The van der Waals surface area contributed by atoms with Gasteiger partial charge < -0.3 is 14.5 Å². The van der Waals surface area contributed by atoms with E-state index in [0.717, 1.165) is 27.6 Å². The number of nitrogens with one attached hydrogen (secondary N) is 1. The van der Waals surface area contributed by atoms with Crippen LogP contribution in [0.4, 0.5) is 0 Å². The molecule has 0 aliphatic carbocycles. The predicted octanol–water partition coefficient (Wildman–Crippen LogP) is 4.61. The lowest BCUT2D eigenvalue weighted by molar-refractivity contribution is 0.0918. The highest BCUT2D eigenvalue weighted by molar-refractivity contribution is 6.31. The van der Waals surface area contributed by atoms with Crippen LogP contribution in [0.1, 0.15) is 52.9 Å². The van der Waals surface area contributed by atoms with Gasteiger partial charge in [-0.3, -0.25) is 9.48 Å². The van der Waals surface area contributed by atoms with Crippen molar-refractivity contribution in [2.24, 2.45) is 7.05 Å². The first-order chi connectivity index (χ1) is 13.3. The molecule has 0 unspecified atom stereocenters. The van der Waals surface area contributed by atoms with E-state index < -0.39 is 0 Å². The van der Waals surface area contributed by atoms with E-state index in [1.54, 1.807) is 23.0 Å². The summed E-state index contributed by atoms with van der Waals surface area (Å²) in [6.45, 7) is 6.73. The molecule has 2 heterocycles. The molecule has 28 heavy (non-hydrogen) atoms. The fourth-order valence-corrected chi connectivity index (χ4v) is 2.98. The largest absolute Gasteiger partial charge is 0.485 e. The normalized spacial score (nSPS) is 11.1. The molecule has 3 aromatic rings. The summed E-state index contributed by atoms with van der Waals surface area (Å²) in [4.78, 5) is 12.3. The highest BCUT2D eigenvalue weighted by Crippen LogP contribution is 2.32. The molecule has 1 amide bonds. The van der Waals surface area contributed by atoms with Crippen LogP contribution < -0.4 is 10.1 Å². The van der Waals surface area contributed by atoms with Gasteiger partial charge in [0.25, 0.3) is 5.91 Å². The number of hydrogen-bond acceptors (Lipinski definition) is 4. The van der Waals surface area contributed by atoms with Crippen molar-refractivity contribution in [3.63, 3.8) is 0 Å². The fourth-order valence-electron chi connectivity index (χ4n) is 2.81. The van der Waals surface area contributed by atoms with Crippen molar-refractivity contribution in [1.82, 2.24) is 15.1 Å². The van der Waals surface area contributed by atoms with Crippen LogP contribution in [0.3, 0.4) is 0 Å². The minimum Gasteiger partial charge on any atom is -0.485 e. The molecule has 0 fully saturated rings. The number of ether oxygens (including phenoxy) is 1. The Labute approximate surface area is 169 Å². The number of nitrogens with zero attached hydrogens (tertiary/aromatic N) is 2. The number of aromatic nitrogens is 2. The topological polar surface area (TPSA) is 69.3 Å². The van der Waals surface area contributed by atoms with E-state index >= 15 is 0 Å². The Bertz CT molecular complexity index is 975. The van der Waals surface area contributed by atoms with E-state index in [2.05, 4.69) is 24.3 Å². The molecule has 7 heteroatoms. The Morgan fingerprint density at radius 2 is 2.11 bits per heavy atom. The maximum atomic E-state index is 12.3. The number of carbonyl (C=O) groups excluding carboxylic acids is 1. The maximum absolute atomic E-state index is 12.3. The van der Waals surface area contributed by atoms with Crippen LogP contribution in [0.15, 0.2) is 40.9 Å². The molecule has 3 rings (SSSR count). The summed E-state index contributed by atoms with van der Waals surface area (Å²) in [6, 6.07) is 9.12. The summed E-state index contributed by atoms with van der Waals surface area (Å²) >= 11 is 6.24. The van der Waals surface area contributed by atoms with Gasteiger partial charge in [-0.25, -0.2) is 0 Å². The zero-order valence-corrected chi connectivity index (χ0v) is 17.2. The Balaban J connectivity index is 1.63. The number of benzene rings is 1. The van der Waals surface area contributed by atoms with E-state index in [1.807, 2.05) is 32.2 Å². The molecule has 6 nitrogen and oxygen atoms in total. The van der Waals surface area contributed by atoms with Crippen molar-refractivity contribution in [2.75, 3.05) is 0 Å². The molecule has 2 aromatic heterocycles. The summed E-state index contributed by atoms with van der Waals surface area (Å²) in [6.07, 6.45) is 1.69. The average Bonchev–Trinajstić information content (AvgIpc) is 3.29. The molecule has 0 aliphatic heterocycles. The van der Waals surface area contributed by atoms with Crippen molar-refractivity contribution in [1.29, 1.82) is 0 Å². The SMILES string of the molecule is Cc1cc(OCc2ccc(C(=O)NCc3ccnn3C)o2)c(C(C)C)cc1Cl. The lowest BCUT2D eigenvalue weighted by Crippen LogP contribution is -2.23. The first kappa shape index (κ1) is 20.0. The van der Waals surface area contributed by atoms with Crippen molar-refractivity contribution in [3.05, 3.63) is 69.9 Å². The van der Waals surface area contributed by atoms with Crippen molar-refractivity contribution < 1.29 is 13.9 Å². The average molecular weight is 402 g/mol. The van der Waals surface area contributed by atoms with Gasteiger partial charge in [0.05, 0.1) is 12.2 Å². The second-order valence-corrected chi connectivity index (χ2v) is 7.38. The first-order valence-electron chi connectivity index (χ1n) is 9.11. The van der Waals surface area contributed by atoms with Gasteiger partial charge in [0, 0.05) is 18.3 Å². The molecule has 0 atom stereocenters. The van der Waals surface area contributed by atoms with E-state index in [1.165, 1.54) is 0 Å². The molecule has 0 saturated carbocycles. The van der Waals surface area contributed by atoms with Crippen LogP contribution in [0.25, 0.3) is 0 Å². The number of carbonyl (C=O) groups is 1. The minimum atomic E-state index is -0.280. The van der Waals surface area contributed by atoms with Crippen molar-refractivity contribution in [2.45, 2.75) is 39.8 Å². The highest BCUT2D eigenvalue weighted by atomic mass is 35.5. The molecular weight excluding hydrogens is 378 g/mol. The standard InChI is InChI=1S/C21H24ClN3O3/c1-13(2)17-10-18(22)14(3)9-20(17)27-12-16-5-6-19(28-16)21(26)23-11-15-7-8-24-25(15)4/h5-10,13H,11-12H2,1-4H3,(H,23,26). The van der Waals surface area contributed by atoms with Gasteiger partial charge in [-0.1, -0.05) is 25.4 Å². The Morgan fingerprint density at radius 3 is 2.79 bits per heavy atom. The predicted molar refractivity (Wildman–Crippen MR) is 108 cm³/mol. The van der Waals surface area contributed by atoms with Gasteiger partial charge in [-0.15, -0.1) is 0 Å². The van der Waals surface area contributed by atoms with Crippen molar-refractivity contribution in [3.8, 4) is 5.75 Å². The fraction of sp³-hybridized carbons (Fsp3) is 0.333. The molecule has 0 bridgehead atoms. The summed E-state index contributed by atoms with van der Waals surface area (Å²) < 4.78 is 13.3. The van der Waals surface area contributed by atoms with Crippen LogP contribution in [-0.2, 0) is 20.2 Å². The van der Waals surface area contributed by atoms with E-state index in [9.17, 15) is 4.79 Å². The number of rotatable bonds is 7. The third-order valence-corrected chi connectivity index (χ3v) is 4.93. The molecule has 148 valence electrons. The van der Waals surface area contributed by atoms with Crippen LogP contribution >= 0.6 is 11.6 Å². The van der Waals surface area contributed by atoms with E-state index in [-0.39, 0.29) is 24.2 Å². The number of amides is 1. The van der Waals surface area contributed by atoms with E-state index in [0.29, 0.717) is 12.3 Å². The van der Waals surface area contributed by atoms with Gasteiger partial charge in [-0.05, 0) is 54.3 Å². The quantitative estimate of drug-likeness (QED) is 0.627. The Hall–Kier alpha value is -2.73. The Morgan fingerprint density at radius 1 is 1.32 bits per heavy atom. The van der Waals surface area contributed by atoms with Crippen LogP contribution in [0.5, 0.6) is 5.75 Å². The summed E-state index contributed by atoms with van der Waals surface area (Å²) in [5.74, 6) is 1.59. The number of aryl methyl sites for hydroxylation is 2. The minimum absolute atomic E-state index is 0.232. The molecule has 1 N–H and O–H groups in total. The van der Waals surface area contributed by atoms with Gasteiger partial charge in [0.2, 0.25) is 0 Å². The molecule has 1 aromatic carbocycles. The molecule has 0 spiro atoms. The zero-order valence-electron chi connectivity index (χ0n) is 16.5. The number of furan rings is 1. The second kappa shape index (κ2) is 8.52. The van der Waals surface area contributed by atoms with Gasteiger partial charge in [0.15, 0.2) is 5.76 Å². The summed E-state index contributed by atoms with van der Waals surface area (Å²) in [7, 11) is 1.83. The monoisotopic (exact) mass is 401 g/mol.